The number of rotatable bonds is 9. The first-order chi connectivity index (χ1) is 12.9. The predicted octanol–water partition coefficient (Wildman–Crippen LogP) is 3.24. The topological polar surface area (TPSA) is 70.4 Å². The van der Waals surface area contributed by atoms with Crippen molar-refractivity contribution >= 4 is 12.0 Å². The van der Waals surface area contributed by atoms with Crippen LogP contribution in [-0.2, 0) is 17.9 Å². The lowest BCUT2D eigenvalue weighted by Crippen LogP contribution is -2.28. The van der Waals surface area contributed by atoms with E-state index < -0.39 is 5.91 Å². The van der Waals surface area contributed by atoms with Crippen LogP contribution in [0.5, 0.6) is 0 Å². The van der Waals surface area contributed by atoms with E-state index in [1.54, 1.807) is 11.6 Å². The molecule has 6 nitrogen and oxygen atoms in total. The van der Waals surface area contributed by atoms with Crippen molar-refractivity contribution in [2.45, 2.75) is 47.2 Å². The zero-order chi connectivity index (χ0) is 19.8. The lowest BCUT2D eigenvalue weighted by atomic mass is 10.1. The van der Waals surface area contributed by atoms with Gasteiger partial charge in [-0.3, -0.25) is 19.6 Å². The van der Waals surface area contributed by atoms with Crippen LogP contribution in [0, 0.1) is 20.8 Å². The van der Waals surface area contributed by atoms with Crippen molar-refractivity contribution in [3.63, 3.8) is 0 Å². The Morgan fingerprint density at radius 3 is 2.48 bits per heavy atom. The molecule has 2 rings (SSSR count). The summed E-state index contributed by atoms with van der Waals surface area (Å²) in [6.45, 7) is 12.3. The van der Waals surface area contributed by atoms with Crippen LogP contribution in [0.15, 0.2) is 30.3 Å². The molecule has 0 unspecified atom stereocenters. The van der Waals surface area contributed by atoms with Gasteiger partial charge in [0.25, 0.3) is 5.91 Å². The Hall–Kier alpha value is -2.44. The fraction of sp³-hybridized carbons (Fsp3) is 0.429. The number of nitrogens with one attached hydrogen (secondary N) is 1. The van der Waals surface area contributed by atoms with E-state index in [9.17, 15) is 4.79 Å². The van der Waals surface area contributed by atoms with Crippen LogP contribution in [0.4, 0.5) is 0 Å². The molecule has 6 heteroatoms. The number of carbonyl (C=O) groups is 1. The molecule has 2 aromatic rings. The average molecular weight is 370 g/mol. The Morgan fingerprint density at radius 2 is 1.93 bits per heavy atom. The maximum Gasteiger partial charge on any atom is 0.267 e. The van der Waals surface area contributed by atoms with E-state index in [1.807, 2.05) is 12.1 Å². The summed E-state index contributed by atoms with van der Waals surface area (Å²) in [5, 5.41) is 13.1. The third kappa shape index (κ3) is 6.05. The first-order valence-corrected chi connectivity index (χ1v) is 9.38. The summed E-state index contributed by atoms with van der Waals surface area (Å²) in [7, 11) is 0. The molecule has 0 bridgehead atoms. The third-order valence-electron chi connectivity index (χ3n) is 4.83. The highest BCUT2D eigenvalue weighted by Crippen LogP contribution is 2.13. The second kappa shape index (κ2) is 10.0. The first-order valence-electron chi connectivity index (χ1n) is 9.38. The maximum absolute atomic E-state index is 11.0. The van der Waals surface area contributed by atoms with E-state index in [1.165, 1.54) is 22.9 Å². The number of hydroxylamine groups is 1. The largest absolute Gasteiger partial charge is 0.297 e. The predicted molar refractivity (Wildman–Crippen MR) is 107 cm³/mol. The number of aryl methyl sites for hydroxylation is 1. The standard InChI is InChI=1S/C21H30N4O2/c1-5-12-24(13-14-25-18(4)16(2)17(3)22-25)15-20-8-6-19(7-9-20)10-11-21(26)23-27/h6-11,27H,5,12-15H2,1-4H3,(H,23,26)/b11-10+. The van der Waals surface area contributed by atoms with Crippen LogP contribution in [0.2, 0.25) is 0 Å². The summed E-state index contributed by atoms with van der Waals surface area (Å²) in [4.78, 5) is 13.5. The van der Waals surface area contributed by atoms with Crippen molar-refractivity contribution < 1.29 is 10.0 Å². The van der Waals surface area contributed by atoms with Crippen molar-refractivity contribution in [1.82, 2.24) is 20.2 Å². The van der Waals surface area contributed by atoms with Gasteiger partial charge in [-0.05, 0) is 56.5 Å². The minimum atomic E-state index is -0.535. The fourth-order valence-electron chi connectivity index (χ4n) is 3.03. The van der Waals surface area contributed by atoms with Gasteiger partial charge in [-0.15, -0.1) is 0 Å². The van der Waals surface area contributed by atoms with Crippen LogP contribution in [0.25, 0.3) is 6.08 Å². The van der Waals surface area contributed by atoms with Crippen LogP contribution in [0.1, 0.15) is 41.4 Å². The van der Waals surface area contributed by atoms with Crippen LogP contribution in [-0.4, -0.2) is 38.9 Å². The minimum Gasteiger partial charge on any atom is -0.297 e. The summed E-state index contributed by atoms with van der Waals surface area (Å²) in [5.74, 6) is -0.535. The number of aromatic nitrogens is 2. The monoisotopic (exact) mass is 370 g/mol. The Bertz CT molecular complexity index is 778. The zero-order valence-corrected chi connectivity index (χ0v) is 16.7. The quantitative estimate of drug-likeness (QED) is 0.404. The number of nitrogens with zero attached hydrogens (tertiary/aromatic N) is 3. The zero-order valence-electron chi connectivity index (χ0n) is 16.7. The van der Waals surface area contributed by atoms with E-state index in [-0.39, 0.29) is 0 Å². The molecule has 0 aliphatic rings. The van der Waals surface area contributed by atoms with Gasteiger partial charge >= 0.3 is 0 Å². The van der Waals surface area contributed by atoms with Crippen LogP contribution < -0.4 is 5.48 Å². The van der Waals surface area contributed by atoms with E-state index in [0.29, 0.717) is 0 Å². The molecule has 0 fully saturated rings. The number of carbonyl (C=O) groups excluding carboxylic acids is 1. The van der Waals surface area contributed by atoms with Gasteiger partial charge in [-0.1, -0.05) is 31.2 Å². The summed E-state index contributed by atoms with van der Waals surface area (Å²) < 4.78 is 2.10. The average Bonchev–Trinajstić information content (AvgIpc) is 2.92. The molecular formula is C21H30N4O2. The van der Waals surface area contributed by atoms with E-state index in [0.717, 1.165) is 43.9 Å². The molecule has 0 atom stereocenters. The van der Waals surface area contributed by atoms with E-state index in [4.69, 9.17) is 5.21 Å². The van der Waals surface area contributed by atoms with Gasteiger partial charge in [0.1, 0.15) is 0 Å². The fourth-order valence-corrected chi connectivity index (χ4v) is 3.03. The first kappa shape index (κ1) is 20.9. The highest BCUT2D eigenvalue weighted by molar-refractivity contribution is 5.90. The summed E-state index contributed by atoms with van der Waals surface area (Å²) in [6, 6.07) is 8.11. The second-order valence-electron chi connectivity index (χ2n) is 6.85. The number of amides is 1. The number of benzene rings is 1. The summed E-state index contributed by atoms with van der Waals surface area (Å²) in [5.41, 5.74) is 7.36. The Morgan fingerprint density at radius 1 is 1.22 bits per heavy atom. The molecule has 0 aliphatic carbocycles. The van der Waals surface area contributed by atoms with Crippen LogP contribution in [0.3, 0.4) is 0 Å². The Kier molecular flexibility index (Phi) is 7.76. The Balaban J connectivity index is 1.97. The van der Waals surface area contributed by atoms with Gasteiger partial charge in [-0.2, -0.15) is 5.10 Å². The maximum atomic E-state index is 11.0. The van der Waals surface area contributed by atoms with Gasteiger partial charge in [0.05, 0.1) is 12.2 Å². The van der Waals surface area contributed by atoms with Crippen molar-refractivity contribution in [1.29, 1.82) is 0 Å². The molecule has 1 heterocycles. The van der Waals surface area contributed by atoms with Crippen molar-refractivity contribution in [2.24, 2.45) is 0 Å². The van der Waals surface area contributed by atoms with Crippen molar-refractivity contribution in [2.75, 3.05) is 13.1 Å². The molecule has 2 N–H and O–H groups in total. The lowest BCUT2D eigenvalue weighted by molar-refractivity contribution is -0.124. The molecular weight excluding hydrogens is 340 g/mol. The number of hydrogen-bond donors (Lipinski definition) is 2. The lowest BCUT2D eigenvalue weighted by Gasteiger charge is -2.22. The summed E-state index contributed by atoms with van der Waals surface area (Å²) >= 11 is 0. The van der Waals surface area contributed by atoms with Crippen molar-refractivity contribution in [3.8, 4) is 0 Å². The van der Waals surface area contributed by atoms with Gasteiger partial charge in [0.2, 0.25) is 0 Å². The molecule has 0 saturated heterocycles. The third-order valence-corrected chi connectivity index (χ3v) is 4.83. The Labute approximate surface area is 161 Å². The smallest absolute Gasteiger partial charge is 0.267 e. The van der Waals surface area contributed by atoms with Gasteiger partial charge in [-0.25, -0.2) is 5.48 Å². The van der Waals surface area contributed by atoms with E-state index >= 15 is 0 Å². The molecule has 27 heavy (non-hydrogen) atoms. The second-order valence-corrected chi connectivity index (χ2v) is 6.85. The molecule has 1 aromatic carbocycles. The van der Waals surface area contributed by atoms with Gasteiger partial charge in [0.15, 0.2) is 0 Å². The SMILES string of the molecule is CCCN(CCn1nc(C)c(C)c1C)Cc1ccc(/C=C/C(=O)NO)cc1. The van der Waals surface area contributed by atoms with Gasteiger partial charge < -0.3 is 0 Å². The van der Waals surface area contributed by atoms with Crippen LogP contribution >= 0.6 is 0 Å². The minimum absolute atomic E-state index is 0.535. The molecule has 146 valence electrons. The van der Waals surface area contributed by atoms with Crippen molar-refractivity contribution in [3.05, 3.63) is 58.4 Å². The number of hydrogen-bond acceptors (Lipinski definition) is 4. The molecule has 1 aromatic heterocycles. The summed E-state index contributed by atoms with van der Waals surface area (Å²) in [6.07, 6.45) is 4.08. The molecule has 1 amide bonds. The highest BCUT2D eigenvalue weighted by atomic mass is 16.5. The highest BCUT2D eigenvalue weighted by Gasteiger charge is 2.10. The molecule has 0 radical (unpaired) electrons. The van der Waals surface area contributed by atoms with Gasteiger partial charge in [0, 0.05) is 24.9 Å². The van der Waals surface area contributed by atoms with E-state index in [2.05, 4.69) is 54.5 Å². The molecule has 0 saturated carbocycles. The normalized spacial score (nSPS) is 11.5. The molecule has 0 aliphatic heterocycles. The molecule has 0 spiro atoms.